The summed E-state index contributed by atoms with van der Waals surface area (Å²) in [4.78, 5) is 11.8. The Morgan fingerprint density at radius 1 is 1.18 bits per heavy atom. The summed E-state index contributed by atoms with van der Waals surface area (Å²) >= 11 is -2.11. The molecule has 7 nitrogen and oxygen atoms in total. The van der Waals surface area contributed by atoms with Crippen molar-refractivity contribution in [2.75, 3.05) is 5.32 Å². The molecule has 1 amide bonds. The monoisotopic (exact) mass is 397 g/mol. The van der Waals surface area contributed by atoms with Crippen LogP contribution in [0.25, 0.3) is 22.0 Å². The van der Waals surface area contributed by atoms with Gasteiger partial charge in [0.15, 0.2) is 5.69 Å². The second kappa shape index (κ2) is 8.45. The first-order valence-electron chi connectivity index (χ1n) is 8.91. The van der Waals surface area contributed by atoms with Gasteiger partial charge in [0.1, 0.15) is 0 Å². The molecule has 0 aliphatic carbocycles. The Kier molecular flexibility index (Phi) is 6.01. The first-order valence-corrected chi connectivity index (χ1v) is 10.2. The van der Waals surface area contributed by atoms with E-state index in [-0.39, 0.29) is 17.5 Å². The topological polar surface area (TPSA) is 121 Å². The SMILES string of the molecule is CC[C@@H](C)Nc1c(C(N)=O)nnc2cc(-c3ccc(CS(=O)[O-])cc3)ccc12. The first kappa shape index (κ1) is 19.9. The van der Waals surface area contributed by atoms with Crippen LogP contribution in [0.3, 0.4) is 0 Å². The number of nitrogens with two attached hydrogens (primary N) is 1. The summed E-state index contributed by atoms with van der Waals surface area (Å²) in [5.74, 6) is -0.639. The molecule has 0 aliphatic heterocycles. The summed E-state index contributed by atoms with van der Waals surface area (Å²) in [6, 6.07) is 13.1. The van der Waals surface area contributed by atoms with Gasteiger partial charge in [-0.1, -0.05) is 48.3 Å². The minimum atomic E-state index is -2.11. The number of amides is 1. The van der Waals surface area contributed by atoms with E-state index in [2.05, 4.69) is 15.5 Å². The van der Waals surface area contributed by atoms with Crippen molar-refractivity contribution >= 4 is 33.6 Å². The van der Waals surface area contributed by atoms with Crippen molar-refractivity contribution < 1.29 is 13.6 Å². The molecule has 2 atom stereocenters. The molecule has 3 aromatic rings. The van der Waals surface area contributed by atoms with Gasteiger partial charge < -0.3 is 15.6 Å². The van der Waals surface area contributed by atoms with Gasteiger partial charge in [0, 0.05) is 17.2 Å². The number of aromatic nitrogens is 2. The minimum absolute atomic E-state index is 0.00991. The van der Waals surface area contributed by atoms with E-state index in [1.54, 1.807) is 12.1 Å². The van der Waals surface area contributed by atoms with Crippen LogP contribution in [0, 0.1) is 0 Å². The van der Waals surface area contributed by atoms with Crippen molar-refractivity contribution in [1.82, 2.24) is 10.2 Å². The van der Waals surface area contributed by atoms with E-state index >= 15 is 0 Å². The van der Waals surface area contributed by atoms with Crippen LogP contribution in [0.15, 0.2) is 42.5 Å². The van der Waals surface area contributed by atoms with Crippen molar-refractivity contribution in [3.05, 3.63) is 53.7 Å². The predicted molar refractivity (Wildman–Crippen MR) is 109 cm³/mol. The van der Waals surface area contributed by atoms with Gasteiger partial charge in [-0.3, -0.25) is 9.00 Å². The predicted octanol–water partition coefficient (Wildman–Crippen LogP) is 2.99. The molecule has 0 aliphatic rings. The smallest absolute Gasteiger partial charge is 0.271 e. The molecule has 8 heteroatoms. The Labute approximate surface area is 165 Å². The molecular weight excluding hydrogens is 376 g/mol. The Hall–Kier alpha value is -2.84. The molecular formula is C20H21N4O3S-. The fourth-order valence-electron chi connectivity index (χ4n) is 2.88. The maximum atomic E-state index is 11.8. The molecule has 0 bridgehead atoms. The Morgan fingerprint density at radius 3 is 2.46 bits per heavy atom. The number of benzene rings is 2. The number of carbonyl (C=O) groups is 1. The van der Waals surface area contributed by atoms with Crippen LogP contribution in [0.2, 0.25) is 0 Å². The number of hydrogen-bond donors (Lipinski definition) is 2. The molecule has 2 aromatic carbocycles. The number of carbonyl (C=O) groups excluding carboxylic acids is 1. The fraction of sp³-hybridized carbons (Fsp3) is 0.250. The Morgan fingerprint density at radius 2 is 1.86 bits per heavy atom. The highest BCUT2D eigenvalue weighted by Gasteiger charge is 2.17. The summed E-state index contributed by atoms with van der Waals surface area (Å²) in [7, 11) is 0. The molecule has 3 N–H and O–H groups in total. The second-order valence-electron chi connectivity index (χ2n) is 6.62. The van der Waals surface area contributed by atoms with Gasteiger partial charge in [-0.15, -0.1) is 10.2 Å². The van der Waals surface area contributed by atoms with Crippen LogP contribution in [-0.2, 0) is 16.8 Å². The third-order valence-electron chi connectivity index (χ3n) is 4.57. The molecule has 0 radical (unpaired) electrons. The highest BCUT2D eigenvalue weighted by atomic mass is 32.2. The molecule has 146 valence electrons. The van der Waals surface area contributed by atoms with Crippen LogP contribution in [0.1, 0.15) is 36.3 Å². The number of anilines is 1. The quantitative estimate of drug-likeness (QED) is 0.591. The van der Waals surface area contributed by atoms with Crippen molar-refractivity contribution in [2.24, 2.45) is 5.73 Å². The van der Waals surface area contributed by atoms with Crippen LogP contribution in [0.4, 0.5) is 5.69 Å². The zero-order valence-electron chi connectivity index (χ0n) is 15.6. The number of hydrogen-bond acceptors (Lipinski definition) is 6. The third kappa shape index (κ3) is 4.35. The number of primary amides is 1. The molecule has 1 aromatic heterocycles. The van der Waals surface area contributed by atoms with Crippen LogP contribution >= 0.6 is 0 Å². The first-order chi connectivity index (χ1) is 13.4. The maximum absolute atomic E-state index is 11.8. The number of rotatable bonds is 7. The lowest BCUT2D eigenvalue weighted by molar-refractivity contribution is 0.0995. The van der Waals surface area contributed by atoms with Crippen LogP contribution in [0.5, 0.6) is 0 Å². The minimum Gasteiger partial charge on any atom is -0.772 e. The van der Waals surface area contributed by atoms with Crippen molar-refractivity contribution in [2.45, 2.75) is 32.1 Å². The third-order valence-corrected chi connectivity index (χ3v) is 5.14. The molecule has 1 heterocycles. The lowest BCUT2D eigenvalue weighted by atomic mass is 10.0. The van der Waals surface area contributed by atoms with Crippen LogP contribution < -0.4 is 11.1 Å². The van der Waals surface area contributed by atoms with Gasteiger partial charge in [0.25, 0.3) is 5.91 Å². The lowest BCUT2D eigenvalue weighted by Gasteiger charge is -2.17. The van der Waals surface area contributed by atoms with Gasteiger partial charge in [0.2, 0.25) is 0 Å². The highest BCUT2D eigenvalue weighted by molar-refractivity contribution is 7.78. The molecule has 0 fully saturated rings. The van der Waals surface area contributed by atoms with E-state index < -0.39 is 17.0 Å². The van der Waals surface area contributed by atoms with E-state index in [1.165, 1.54) is 0 Å². The van der Waals surface area contributed by atoms with E-state index in [9.17, 15) is 13.6 Å². The highest BCUT2D eigenvalue weighted by Crippen LogP contribution is 2.30. The van der Waals surface area contributed by atoms with Gasteiger partial charge in [-0.05, 0) is 42.2 Å². The maximum Gasteiger partial charge on any atom is 0.271 e. The standard InChI is InChI=1S/C20H22N4O3S/c1-3-12(2)22-18-16-9-8-15(10-17(16)23-24-19(18)20(21)25)14-6-4-13(5-7-14)11-28(26)27/h4-10,12H,3,11H2,1-2H3,(H2,21,25)(H,22,23)(H,26,27)/p-1/t12-/m1/s1. The molecule has 0 spiro atoms. The second-order valence-corrected chi connectivity index (χ2v) is 7.51. The zero-order chi connectivity index (χ0) is 20.3. The number of nitrogens with zero attached hydrogens (tertiary/aromatic N) is 2. The average Bonchev–Trinajstić information content (AvgIpc) is 2.67. The lowest BCUT2D eigenvalue weighted by Crippen LogP contribution is -2.21. The van der Waals surface area contributed by atoms with E-state index in [4.69, 9.17) is 5.73 Å². The largest absolute Gasteiger partial charge is 0.772 e. The Balaban J connectivity index is 2.03. The molecule has 28 heavy (non-hydrogen) atoms. The van der Waals surface area contributed by atoms with E-state index in [0.717, 1.165) is 28.5 Å². The molecule has 3 rings (SSSR count). The summed E-state index contributed by atoms with van der Waals surface area (Å²) in [5, 5.41) is 12.3. The van der Waals surface area contributed by atoms with Gasteiger partial charge in [0.05, 0.1) is 11.2 Å². The average molecular weight is 397 g/mol. The Bertz CT molecular complexity index is 1040. The summed E-state index contributed by atoms with van der Waals surface area (Å²) in [6.45, 7) is 4.06. The normalized spacial score (nSPS) is 13.2. The van der Waals surface area contributed by atoms with Crippen molar-refractivity contribution in [1.29, 1.82) is 0 Å². The molecule has 0 saturated heterocycles. The summed E-state index contributed by atoms with van der Waals surface area (Å²) < 4.78 is 21.6. The van der Waals surface area contributed by atoms with Gasteiger partial charge in [-0.2, -0.15) is 0 Å². The van der Waals surface area contributed by atoms with Crippen molar-refractivity contribution in [3.8, 4) is 11.1 Å². The fourth-order valence-corrected chi connectivity index (χ4v) is 3.35. The summed E-state index contributed by atoms with van der Waals surface area (Å²) in [6.07, 6.45) is 0.876. The van der Waals surface area contributed by atoms with Crippen molar-refractivity contribution in [3.63, 3.8) is 0 Å². The van der Waals surface area contributed by atoms with E-state index in [0.29, 0.717) is 11.2 Å². The van der Waals surface area contributed by atoms with Gasteiger partial charge in [-0.25, -0.2) is 0 Å². The number of nitrogens with one attached hydrogen (secondary N) is 1. The summed E-state index contributed by atoms with van der Waals surface area (Å²) in [5.41, 5.74) is 9.38. The van der Waals surface area contributed by atoms with Crippen LogP contribution in [-0.4, -0.2) is 30.9 Å². The number of fused-ring (bicyclic) bond motifs is 1. The van der Waals surface area contributed by atoms with E-state index in [1.807, 2.05) is 44.2 Å². The molecule has 0 saturated carbocycles. The van der Waals surface area contributed by atoms with Gasteiger partial charge >= 0.3 is 0 Å². The zero-order valence-corrected chi connectivity index (χ0v) is 16.5. The molecule has 1 unspecified atom stereocenters.